The summed E-state index contributed by atoms with van der Waals surface area (Å²) in [6.45, 7) is 0. The Balaban J connectivity index is 2.18. The highest BCUT2D eigenvalue weighted by atomic mass is 79.9. The number of nitrogens with two attached hydrogens (primary N) is 1. The molecule has 0 aliphatic rings. The molecule has 0 aliphatic heterocycles. The Kier molecular flexibility index (Phi) is 3.42. The van der Waals surface area contributed by atoms with Gasteiger partial charge >= 0.3 is 0 Å². The van der Waals surface area contributed by atoms with Crippen LogP contribution in [0.15, 0.2) is 46.9 Å². The number of halogens is 2. The standard InChI is InChI=1S/C13H9BrClN5/c14-11-3-1-2-4-12(11)20-13(17-18-19-20)8-5-9(15)7-10(16)6-8/h1-7H,16H2. The first-order valence-electron chi connectivity index (χ1n) is 5.75. The van der Waals surface area contributed by atoms with E-state index in [9.17, 15) is 0 Å². The molecule has 0 atom stereocenters. The number of rotatable bonds is 2. The van der Waals surface area contributed by atoms with E-state index in [1.807, 2.05) is 24.3 Å². The molecule has 100 valence electrons. The quantitative estimate of drug-likeness (QED) is 0.720. The Morgan fingerprint density at radius 3 is 2.70 bits per heavy atom. The number of nitrogen functional groups attached to an aromatic ring is 1. The van der Waals surface area contributed by atoms with Crippen molar-refractivity contribution in [2.75, 3.05) is 5.73 Å². The van der Waals surface area contributed by atoms with Gasteiger partial charge in [-0.2, -0.15) is 4.68 Å². The van der Waals surface area contributed by atoms with Crippen LogP contribution in [0.2, 0.25) is 5.02 Å². The maximum atomic E-state index is 6.03. The Morgan fingerprint density at radius 1 is 1.15 bits per heavy atom. The molecule has 0 spiro atoms. The lowest BCUT2D eigenvalue weighted by Gasteiger charge is -2.07. The van der Waals surface area contributed by atoms with Crippen LogP contribution in [0.1, 0.15) is 0 Å². The van der Waals surface area contributed by atoms with Crippen LogP contribution in [-0.2, 0) is 0 Å². The van der Waals surface area contributed by atoms with Gasteiger partial charge in [0, 0.05) is 20.7 Å². The van der Waals surface area contributed by atoms with Crippen LogP contribution < -0.4 is 5.73 Å². The maximum absolute atomic E-state index is 6.03. The summed E-state index contributed by atoms with van der Waals surface area (Å²) in [5.74, 6) is 0.575. The second-order valence-corrected chi connectivity index (χ2v) is 5.43. The van der Waals surface area contributed by atoms with Gasteiger partial charge in [-0.25, -0.2) is 0 Å². The second kappa shape index (κ2) is 5.22. The molecule has 0 fully saturated rings. The second-order valence-electron chi connectivity index (χ2n) is 4.14. The Labute approximate surface area is 128 Å². The van der Waals surface area contributed by atoms with Crippen LogP contribution in [0.5, 0.6) is 0 Å². The van der Waals surface area contributed by atoms with E-state index in [0.29, 0.717) is 16.5 Å². The van der Waals surface area contributed by atoms with E-state index in [2.05, 4.69) is 31.5 Å². The number of hydrogen-bond donors (Lipinski definition) is 1. The van der Waals surface area contributed by atoms with Crippen LogP contribution in [0, 0.1) is 0 Å². The normalized spacial score (nSPS) is 10.7. The molecule has 0 amide bonds. The lowest BCUT2D eigenvalue weighted by atomic mass is 10.2. The van der Waals surface area contributed by atoms with Gasteiger partial charge in [0.2, 0.25) is 0 Å². The van der Waals surface area contributed by atoms with Crippen molar-refractivity contribution < 1.29 is 0 Å². The maximum Gasteiger partial charge on any atom is 0.187 e. The van der Waals surface area contributed by atoms with Crippen molar-refractivity contribution in [3.63, 3.8) is 0 Å². The molecule has 0 saturated carbocycles. The minimum absolute atomic E-state index is 0.543. The molecule has 1 heterocycles. The van der Waals surface area contributed by atoms with Gasteiger partial charge in [-0.1, -0.05) is 23.7 Å². The fourth-order valence-electron chi connectivity index (χ4n) is 1.89. The van der Waals surface area contributed by atoms with Crippen LogP contribution in [0.4, 0.5) is 5.69 Å². The first kappa shape index (κ1) is 13.1. The number of aromatic nitrogens is 4. The van der Waals surface area contributed by atoms with Crippen LogP contribution in [0.3, 0.4) is 0 Å². The lowest BCUT2D eigenvalue weighted by molar-refractivity contribution is 0.789. The third-order valence-electron chi connectivity index (χ3n) is 2.73. The van der Waals surface area contributed by atoms with E-state index >= 15 is 0 Å². The average Bonchev–Trinajstić information content (AvgIpc) is 2.87. The fourth-order valence-corrected chi connectivity index (χ4v) is 2.59. The average molecular weight is 351 g/mol. The van der Waals surface area contributed by atoms with E-state index in [4.69, 9.17) is 17.3 Å². The molecule has 0 saturated heterocycles. The number of hydrogen-bond acceptors (Lipinski definition) is 4. The van der Waals surface area contributed by atoms with Gasteiger partial charge < -0.3 is 5.73 Å². The zero-order chi connectivity index (χ0) is 14.1. The Bertz CT molecular complexity index is 751. The molecular weight excluding hydrogens is 342 g/mol. The Morgan fingerprint density at radius 2 is 1.95 bits per heavy atom. The summed E-state index contributed by atoms with van der Waals surface area (Å²) in [4.78, 5) is 0. The molecule has 5 nitrogen and oxygen atoms in total. The van der Waals surface area contributed by atoms with Crippen molar-refractivity contribution >= 4 is 33.2 Å². The molecule has 2 aromatic carbocycles. The summed E-state index contributed by atoms with van der Waals surface area (Å²) in [5.41, 5.74) is 7.98. The van der Waals surface area contributed by atoms with Gasteiger partial charge in [0.25, 0.3) is 0 Å². The number of para-hydroxylation sites is 1. The first-order valence-corrected chi connectivity index (χ1v) is 6.92. The molecular formula is C13H9BrClN5. The van der Waals surface area contributed by atoms with Gasteiger partial charge in [-0.3, -0.25) is 0 Å². The topological polar surface area (TPSA) is 69.6 Å². The number of anilines is 1. The first-order chi connectivity index (χ1) is 9.65. The van der Waals surface area contributed by atoms with Crippen LogP contribution in [-0.4, -0.2) is 20.2 Å². The Hall–Kier alpha value is -1.92. The zero-order valence-electron chi connectivity index (χ0n) is 10.2. The van der Waals surface area contributed by atoms with E-state index in [1.54, 1.807) is 22.9 Å². The number of benzene rings is 2. The van der Waals surface area contributed by atoms with Gasteiger partial charge in [-0.05, 0) is 56.7 Å². The third kappa shape index (κ3) is 2.39. The highest BCUT2D eigenvalue weighted by molar-refractivity contribution is 9.10. The molecule has 2 N–H and O–H groups in total. The van der Waals surface area contributed by atoms with Crippen molar-refractivity contribution in [1.82, 2.24) is 20.2 Å². The van der Waals surface area contributed by atoms with Crippen molar-refractivity contribution in [2.45, 2.75) is 0 Å². The molecule has 7 heteroatoms. The summed E-state index contributed by atoms with van der Waals surface area (Å²) in [6.07, 6.45) is 0. The number of tetrazole rings is 1. The van der Waals surface area contributed by atoms with Gasteiger partial charge in [0.15, 0.2) is 5.82 Å². The SMILES string of the molecule is Nc1cc(Cl)cc(-c2nnnn2-c2ccccc2Br)c1. The summed E-state index contributed by atoms with van der Waals surface area (Å²) in [6, 6.07) is 12.9. The van der Waals surface area contributed by atoms with Gasteiger partial charge in [0.1, 0.15) is 0 Å². The third-order valence-corrected chi connectivity index (χ3v) is 3.62. The van der Waals surface area contributed by atoms with E-state index in [1.165, 1.54) is 0 Å². The molecule has 0 radical (unpaired) electrons. The highest BCUT2D eigenvalue weighted by Gasteiger charge is 2.13. The molecule has 0 bridgehead atoms. The largest absolute Gasteiger partial charge is 0.399 e. The summed E-state index contributed by atoms with van der Waals surface area (Å²) in [5, 5.41) is 12.4. The molecule has 20 heavy (non-hydrogen) atoms. The van der Waals surface area contributed by atoms with Gasteiger partial charge in [-0.15, -0.1) is 5.10 Å². The molecule has 1 aromatic heterocycles. The predicted molar refractivity (Wildman–Crippen MR) is 81.7 cm³/mol. The minimum Gasteiger partial charge on any atom is -0.399 e. The predicted octanol–water partition coefficient (Wildman–Crippen LogP) is 3.33. The fraction of sp³-hybridized carbons (Fsp3) is 0. The van der Waals surface area contributed by atoms with Crippen LogP contribution in [0.25, 0.3) is 17.1 Å². The molecule has 0 aliphatic carbocycles. The van der Waals surface area contributed by atoms with Crippen molar-refractivity contribution in [3.8, 4) is 17.1 Å². The van der Waals surface area contributed by atoms with E-state index in [0.717, 1.165) is 15.7 Å². The van der Waals surface area contributed by atoms with Crippen LogP contribution >= 0.6 is 27.5 Å². The van der Waals surface area contributed by atoms with Gasteiger partial charge in [0.05, 0.1) is 5.69 Å². The lowest BCUT2D eigenvalue weighted by Crippen LogP contribution is -2.01. The zero-order valence-corrected chi connectivity index (χ0v) is 12.5. The van der Waals surface area contributed by atoms with E-state index < -0.39 is 0 Å². The highest BCUT2D eigenvalue weighted by Crippen LogP contribution is 2.27. The smallest absolute Gasteiger partial charge is 0.187 e. The molecule has 3 rings (SSSR count). The summed E-state index contributed by atoms with van der Waals surface area (Å²) >= 11 is 9.52. The summed E-state index contributed by atoms with van der Waals surface area (Å²) < 4.78 is 2.53. The van der Waals surface area contributed by atoms with Crippen molar-refractivity contribution in [2.24, 2.45) is 0 Å². The molecule has 0 unspecified atom stereocenters. The minimum atomic E-state index is 0.543. The van der Waals surface area contributed by atoms with Crippen molar-refractivity contribution in [3.05, 3.63) is 52.0 Å². The van der Waals surface area contributed by atoms with E-state index in [-0.39, 0.29) is 0 Å². The molecule has 3 aromatic rings. The number of nitrogens with zero attached hydrogens (tertiary/aromatic N) is 4. The summed E-state index contributed by atoms with van der Waals surface area (Å²) in [7, 11) is 0. The monoisotopic (exact) mass is 349 g/mol. The van der Waals surface area contributed by atoms with Crippen molar-refractivity contribution in [1.29, 1.82) is 0 Å².